The Labute approximate surface area is 105 Å². The molecule has 2 aromatic rings. The lowest BCUT2D eigenvalue weighted by atomic mass is 10.3. The summed E-state index contributed by atoms with van der Waals surface area (Å²) in [7, 11) is 0. The van der Waals surface area contributed by atoms with Gasteiger partial charge < -0.3 is 9.52 Å². The van der Waals surface area contributed by atoms with Crippen LogP contribution < -0.4 is 5.56 Å². The highest BCUT2D eigenvalue weighted by atomic mass is 19.4. The van der Waals surface area contributed by atoms with E-state index in [-0.39, 0.29) is 24.7 Å². The first-order valence-electron chi connectivity index (χ1n) is 5.37. The highest BCUT2D eigenvalue weighted by Crippen LogP contribution is 2.28. The zero-order valence-corrected chi connectivity index (χ0v) is 9.65. The Morgan fingerprint density at radius 2 is 1.84 bits per heavy atom. The van der Waals surface area contributed by atoms with Crippen molar-refractivity contribution in [2.45, 2.75) is 19.3 Å². The van der Waals surface area contributed by atoms with Crippen molar-refractivity contribution in [1.82, 2.24) is 4.57 Å². The van der Waals surface area contributed by atoms with Gasteiger partial charge in [-0.2, -0.15) is 13.2 Å². The van der Waals surface area contributed by atoms with Crippen LogP contribution in [-0.4, -0.2) is 9.67 Å². The maximum atomic E-state index is 12.8. The molecular weight excluding hydrogens is 263 g/mol. The summed E-state index contributed by atoms with van der Waals surface area (Å²) in [6.45, 7) is -0.690. The largest absolute Gasteiger partial charge is 0.462 e. The first-order chi connectivity index (χ1) is 8.91. The number of rotatable bonds is 3. The zero-order chi connectivity index (χ0) is 14.0. The predicted molar refractivity (Wildman–Crippen MR) is 59.4 cm³/mol. The average molecular weight is 273 g/mol. The molecular formula is C12H10F3NO3. The minimum atomic E-state index is -4.62. The van der Waals surface area contributed by atoms with E-state index in [0.717, 1.165) is 18.2 Å². The fraction of sp³-hybridized carbons (Fsp3) is 0.250. The number of aromatic nitrogens is 1. The van der Waals surface area contributed by atoms with Crippen LogP contribution in [-0.2, 0) is 19.3 Å². The lowest BCUT2D eigenvalue weighted by Gasteiger charge is -2.13. The van der Waals surface area contributed by atoms with E-state index in [4.69, 9.17) is 9.52 Å². The Kier molecular flexibility index (Phi) is 3.48. The molecule has 0 aliphatic carbocycles. The fourth-order valence-electron chi connectivity index (χ4n) is 1.68. The summed E-state index contributed by atoms with van der Waals surface area (Å²) in [5, 5.41) is 8.81. The van der Waals surface area contributed by atoms with E-state index < -0.39 is 17.4 Å². The van der Waals surface area contributed by atoms with Gasteiger partial charge in [-0.1, -0.05) is 6.07 Å². The van der Waals surface area contributed by atoms with Crippen LogP contribution in [0.5, 0.6) is 0 Å². The molecule has 0 bridgehead atoms. The number of aliphatic hydroxyl groups excluding tert-OH is 1. The quantitative estimate of drug-likeness (QED) is 0.930. The molecule has 19 heavy (non-hydrogen) atoms. The van der Waals surface area contributed by atoms with Gasteiger partial charge in [0.2, 0.25) is 0 Å². The molecule has 0 unspecified atom stereocenters. The van der Waals surface area contributed by atoms with E-state index in [2.05, 4.69) is 0 Å². The summed E-state index contributed by atoms with van der Waals surface area (Å²) in [4.78, 5) is 11.5. The Bertz CT molecular complexity index is 628. The first-order valence-corrected chi connectivity index (χ1v) is 5.37. The Morgan fingerprint density at radius 1 is 1.16 bits per heavy atom. The molecule has 0 fully saturated rings. The van der Waals surface area contributed by atoms with Crippen molar-refractivity contribution < 1.29 is 22.7 Å². The van der Waals surface area contributed by atoms with Gasteiger partial charge in [0.25, 0.3) is 5.56 Å². The average Bonchev–Trinajstić information content (AvgIpc) is 2.78. The van der Waals surface area contributed by atoms with E-state index in [1.807, 2.05) is 0 Å². The molecule has 2 aromatic heterocycles. The summed E-state index contributed by atoms with van der Waals surface area (Å²) < 4.78 is 44.0. The standard InChI is InChI=1S/C12H10F3NO3/c13-12(14,15)10-2-1-3-11(18)16(10)6-8-4-5-9(7-17)19-8/h1-5,17H,6-7H2. The second-order valence-corrected chi connectivity index (χ2v) is 3.86. The Balaban J connectivity index is 2.42. The van der Waals surface area contributed by atoms with Crippen molar-refractivity contribution in [1.29, 1.82) is 0 Å². The van der Waals surface area contributed by atoms with Crippen molar-refractivity contribution >= 4 is 0 Å². The molecule has 4 nitrogen and oxygen atoms in total. The summed E-state index contributed by atoms with van der Waals surface area (Å²) in [6.07, 6.45) is -4.62. The van der Waals surface area contributed by atoms with Crippen molar-refractivity contribution in [3.63, 3.8) is 0 Å². The van der Waals surface area contributed by atoms with E-state index in [1.54, 1.807) is 0 Å². The lowest BCUT2D eigenvalue weighted by molar-refractivity contribution is -0.144. The molecule has 102 valence electrons. The smallest absolute Gasteiger partial charge is 0.431 e. The van der Waals surface area contributed by atoms with Crippen LogP contribution in [0.15, 0.2) is 39.5 Å². The van der Waals surface area contributed by atoms with Crippen LogP contribution in [0.4, 0.5) is 13.2 Å². The number of alkyl halides is 3. The maximum absolute atomic E-state index is 12.8. The molecule has 0 amide bonds. The summed E-state index contributed by atoms with van der Waals surface area (Å²) in [6, 6.07) is 5.80. The number of hydrogen-bond donors (Lipinski definition) is 1. The van der Waals surface area contributed by atoms with Gasteiger partial charge in [-0.15, -0.1) is 0 Å². The minimum absolute atomic E-state index is 0.169. The SMILES string of the molecule is O=c1cccc(C(F)(F)F)n1Cc1ccc(CO)o1. The topological polar surface area (TPSA) is 55.4 Å². The Hall–Kier alpha value is -2.02. The van der Waals surface area contributed by atoms with Gasteiger partial charge in [0, 0.05) is 6.07 Å². The molecule has 0 radical (unpaired) electrons. The molecule has 1 N–H and O–H groups in total. The molecule has 0 spiro atoms. The van der Waals surface area contributed by atoms with E-state index in [0.29, 0.717) is 4.57 Å². The molecule has 0 aliphatic heterocycles. The van der Waals surface area contributed by atoms with Gasteiger partial charge >= 0.3 is 6.18 Å². The number of nitrogens with zero attached hydrogens (tertiary/aromatic N) is 1. The normalized spacial score (nSPS) is 11.8. The van der Waals surface area contributed by atoms with Crippen LogP contribution in [0, 0.1) is 0 Å². The van der Waals surface area contributed by atoms with Crippen molar-refractivity contribution in [2.24, 2.45) is 0 Å². The van der Waals surface area contributed by atoms with Crippen molar-refractivity contribution in [3.8, 4) is 0 Å². The minimum Gasteiger partial charge on any atom is -0.462 e. The van der Waals surface area contributed by atoms with Gasteiger partial charge in [0.1, 0.15) is 23.8 Å². The first kappa shape index (κ1) is 13.4. The number of furan rings is 1. The third-order valence-corrected chi connectivity index (χ3v) is 2.53. The van der Waals surface area contributed by atoms with E-state index >= 15 is 0 Å². The molecule has 2 heterocycles. The summed E-state index contributed by atoms with van der Waals surface area (Å²) in [5.41, 5.74) is -1.81. The second-order valence-electron chi connectivity index (χ2n) is 3.86. The van der Waals surface area contributed by atoms with Crippen LogP contribution in [0.1, 0.15) is 17.2 Å². The molecule has 0 aromatic carbocycles. The molecule has 2 rings (SSSR count). The summed E-state index contributed by atoms with van der Waals surface area (Å²) in [5.74, 6) is 0.399. The van der Waals surface area contributed by atoms with Crippen molar-refractivity contribution in [2.75, 3.05) is 0 Å². The number of hydrogen-bond acceptors (Lipinski definition) is 3. The lowest BCUT2D eigenvalue weighted by Crippen LogP contribution is -2.27. The fourth-order valence-corrected chi connectivity index (χ4v) is 1.68. The van der Waals surface area contributed by atoms with Crippen molar-refractivity contribution in [3.05, 3.63) is 57.9 Å². The van der Waals surface area contributed by atoms with Gasteiger partial charge in [-0.05, 0) is 18.2 Å². The maximum Gasteiger partial charge on any atom is 0.431 e. The number of aliphatic hydroxyl groups is 1. The van der Waals surface area contributed by atoms with Gasteiger partial charge in [-0.3, -0.25) is 9.36 Å². The summed E-state index contributed by atoms with van der Waals surface area (Å²) >= 11 is 0. The number of pyridine rings is 1. The van der Waals surface area contributed by atoms with Crippen LogP contribution >= 0.6 is 0 Å². The van der Waals surface area contributed by atoms with E-state index in [1.165, 1.54) is 12.1 Å². The zero-order valence-electron chi connectivity index (χ0n) is 9.65. The second kappa shape index (κ2) is 4.93. The molecule has 7 heteroatoms. The molecule has 0 saturated carbocycles. The van der Waals surface area contributed by atoms with Crippen LogP contribution in [0.2, 0.25) is 0 Å². The predicted octanol–water partition coefficient (Wildman–Crippen LogP) is 2.00. The Morgan fingerprint density at radius 3 is 2.42 bits per heavy atom. The monoisotopic (exact) mass is 273 g/mol. The molecule has 0 aliphatic rings. The van der Waals surface area contributed by atoms with Gasteiger partial charge in [-0.25, -0.2) is 0 Å². The molecule has 0 saturated heterocycles. The van der Waals surface area contributed by atoms with Crippen LogP contribution in [0.3, 0.4) is 0 Å². The highest BCUT2D eigenvalue weighted by molar-refractivity contribution is 5.13. The van der Waals surface area contributed by atoms with Crippen LogP contribution in [0.25, 0.3) is 0 Å². The number of halogens is 3. The van der Waals surface area contributed by atoms with Gasteiger partial charge in [0.05, 0.1) is 6.54 Å². The third kappa shape index (κ3) is 2.87. The molecule has 0 atom stereocenters. The van der Waals surface area contributed by atoms with E-state index in [9.17, 15) is 18.0 Å². The highest BCUT2D eigenvalue weighted by Gasteiger charge is 2.34. The third-order valence-electron chi connectivity index (χ3n) is 2.53. The van der Waals surface area contributed by atoms with Gasteiger partial charge in [0.15, 0.2) is 0 Å².